The smallest absolute Gasteiger partial charge is 0.420 e. The Morgan fingerprint density at radius 1 is 0.909 bits per heavy atom. The summed E-state index contributed by atoms with van der Waals surface area (Å²) >= 11 is 0. The number of benzene rings is 1. The molecule has 170 valence electrons. The number of hydrogen-bond acceptors (Lipinski definition) is 6. The summed E-state index contributed by atoms with van der Waals surface area (Å²) in [6, 6.07) is 8.92. The Bertz CT molecular complexity index is 1260. The fourth-order valence-electron chi connectivity index (χ4n) is 3.90. The first kappa shape index (κ1) is 21.2. The number of fused-ring (bicyclic) bond motifs is 1. The van der Waals surface area contributed by atoms with Crippen molar-refractivity contribution in [2.45, 2.75) is 6.18 Å². The zero-order chi connectivity index (χ0) is 23.0. The number of halogens is 3. The normalized spacial score (nSPS) is 14.6. The van der Waals surface area contributed by atoms with E-state index in [0.29, 0.717) is 30.0 Å². The summed E-state index contributed by atoms with van der Waals surface area (Å²) in [5.74, 6) is 0. The van der Waals surface area contributed by atoms with E-state index in [1.54, 1.807) is 6.20 Å². The number of methoxy groups -OCH3 is 1. The van der Waals surface area contributed by atoms with Gasteiger partial charge >= 0.3 is 12.2 Å². The number of ether oxygens (including phenoxy) is 2. The van der Waals surface area contributed by atoms with Crippen LogP contribution in [0.4, 0.5) is 18.9 Å². The van der Waals surface area contributed by atoms with Gasteiger partial charge in [-0.25, -0.2) is 15.0 Å². The number of alkyl halides is 3. The zero-order valence-corrected chi connectivity index (χ0v) is 17.7. The predicted molar refractivity (Wildman–Crippen MR) is 116 cm³/mol. The molecule has 0 bridgehead atoms. The second-order valence-corrected chi connectivity index (χ2v) is 7.58. The maximum atomic E-state index is 13.9. The van der Waals surface area contributed by atoms with Gasteiger partial charge < -0.3 is 14.4 Å². The van der Waals surface area contributed by atoms with Gasteiger partial charge in [0.1, 0.15) is 5.65 Å². The summed E-state index contributed by atoms with van der Waals surface area (Å²) in [6.45, 7) is 2.95. The third kappa shape index (κ3) is 4.09. The standard InChI is InChI=1S/C23H20F3N5O2/c1-32-22-28-11-17(12-29-22)16-10-19(23(24,25)26)21-27-13-20(31(21)14-16)15-2-4-18(5-3-15)30-6-8-33-9-7-30/h2-5,10-14H,6-9H2,1H3. The van der Waals surface area contributed by atoms with Gasteiger partial charge in [0.25, 0.3) is 0 Å². The van der Waals surface area contributed by atoms with Gasteiger partial charge in [-0.2, -0.15) is 13.2 Å². The van der Waals surface area contributed by atoms with Gasteiger partial charge in [0, 0.05) is 54.1 Å². The van der Waals surface area contributed by atoms with Crippen LogP contribution in [-0.2, 0) is 10.9 Å². The predicted octanol–water partition coefficient (Wildman–Crippen LogP) is 4.32. The minimum absolute atomic E-state index is 0.138. The molecular weight excluding hydrogens is 435 g/mol. The van der Waals surface area contributed by atoms with E-state index in [9.17, 15) is 13.2 Å². The van der Waals surface area contributed by atoms with Crippen LogP contribution in [0.25, 0.3) is 28.0 Å². The van der Waals surface area contributed by atoms with Crippen LogP contribution in [0.15, 0.2) is 55.1 Å². The Hall–Kier alpha value is -3.66. The third-order valence-corrected chi connectivity index (χ3v) is 5.59. The molecule has 0 aliphatic carbocycles. The lowest BCUT2D eigenvalue weighted by Crippen LogP contribution is -2.36. The van der Waals surface area contributed by atoms with Crippen molar-refractivity contribution in [1.82, 2.24) is 19.4 Å². The first-order valence-electron chi connectivity index (χ1n) is 10.3. The highest BCUT2D eigenvalue weighted by atomic mass is 19.4. The van der Waals surface area contributed by atoms with Crippen molar-refractivity contribution >= 4 is 11.3 Å². The van der Waals surface area contributed by atoms with Crippen LogP contribution in [0.1, 0.15) is 5.56 Å². The summed E-state index contributed by atoms with van der Waals surface area (Å²) in [5, 5.41) is 0. The van der Waals surface area contributed by atoms with E-state index in [0.717, 1.165) is 30.4 Å². The van der Waals surface area contributed by atoms with E-state index in [1.165, 1.54) is 30.1 Å². The minimum Gasteiger partial charge on any atom is -0.467 e. The minimum atomic E-state index is -4.58. The number of pyridine rings is 1. The molecule has 5 rings (SSSR count). The highest BCUT2D eigenvalue weighted by Gasteiger charge is 2.35. The molecule has 1 aliphatic rings. The SMILES string of the molecule is COc1ncc(-c2cc(C(F)(F)F)c3ncc(-c4ccc(N5CCOCC5)cc4)n3c2)cn1. The van der Waals surface area contributed by atoms with Crippen molar-refractivity contribution in [3.8, 4) is 28.4 Å². The van der Waals surface area contributed by atoms with E-state index in [4.69, 9.17) is 9.47 Å². The van der Waals surface area contributed by atoms with Crippen molar-refractivity contribution < 1.29 is 22.6 Å². The van der Waals surface area contributed by atoms with Crippen LogP contribution in [0.2, 0.25) is 0 Å². The summed E-state index contributed by atoms with van der Waals surface area (Å²) in [4.78, 5) is 14.3. The molecule has 1 fully saturated rings. The second kappa shape index (κ2) is 8.36. The highest BCUT2D eigenvalue weighted by molar-refractivity contribution is 5.72. The third-order valence-electron chi connectivity index (χ3n) is 5.59. The average Bonchev–Trinajstić information content (AvgIpc) is 3.27. The molecule has 0 saturated carbocycles. The molecule has 7 nitrogen and oxygen atoms in total. The van der Waals surface area contributed by atoms with Gasteiger partial charge in [-0.1, -0.05) is 12.1 Å². The van der Waals surface area contributed by atoms with Gasteiger partial charge in [0.15, 0.2) is 0 Å². The molecule has 1 aromatic carbocycles. The summed E-state index contributed by atoms with van der Waals surface area (Å²) < 4.78 is 53.4. The molecule has 0 N–H and O–H groups in total. The Labute approximate surface area is 187 Å². The van der Waals surface area contributed by atoms with Crippen molar-refractivity contribution in [1.29, 1.82) is 0 Å². The number of rotatable bonds is 4. The summed E-state index contributed by atoms with van der Waals surface area (Å²) in [6.07, 6.45) is 1.37. The largest absolute Gasteiger partial charge is 0.467 e. The first-order valence-corrected chi connectivity index (χ1v) is 10.3. The molecular formula is C23H20F3N5O2. The van der Waals surface area contributed by atoms with Gasteiger partial charge in [-0.15, -0.1) is 0 Å². The summed E-state index contributed by atoms with van der Waals surface area (Å²) in [5.41, 5.74) is 2.13. The number of morpholine rings is 1. The molecule has 10 heteroatoms. The molecule has 0 unspecified atom stereocenters. The topological polar surface area (TPSA) is 64.8 Å². The number of aromatic nitrogens is 4. The number of hydrogen-bond donors (Lipinski definition) is 0. The van der Waals surface area contributed by atoms with Crippen LogP contribution in [-0.4, -0.2) is 52.8 Å². The van der Waals surface area contributed by atoms with E-state index in [-0.39, 0.29) is 11.7 Å². The Kier molecular flexibility index (Phi) is 5.37. The highest BCUT2D eigenvalue weighted by Crippen LogP contribution is 2.37. The van der Waals surface area contributed by atoms with E-state index >= 15 is 0 Å². The lowest BCUT2D eigenvalue weighted by atomic mass is 10.1. The van der Waals surface area contributed by atoms with Crippen LogP contribution < -0.4 is 9.64 Å². The Balaban J connectivity index is 1.59. The Morgan fingerprint density at radius 3 is 2.24 bits per heavy atom. The van der Waals surface area contributed by atoms with Crippen LogP contribution in [0, 0.1) is 0 Å². The van der Waals surface area contributed by atoms with E-state index in [2.05, 4.69) is 19.9 Å². The average molecular weight is 455 g/mol. The maximum absolute atomic E-state index is 13.9. The molecule has 0 atom stereocenters. The molecule has 33 heavy (non-hydrogen) atoms. The molecule has 4 heterocycles. The molecule has 3 aromatic heterocycles. The van der Waals surface area contributed by atoms with Crippen molar-refractivity contribution in [2.24, 2.45) is 0 Å². The van der Waals surface area contributed by atoms with Gasteiger partial charge in [0.05, 0.1) is 37.8 Å². The van der Waals surface area contributed by atoms with Crippen LogP contribution in [0.3, 0.4) is 0 Å². The van der Waals surface area contributed by atoms with Crippen molar-refractivity contribution in [3.05, 3.63) is 60.7 Å². The number of nitrogens with zero attached hydrogens (tertiary/aromatic N) is 5. The fraction of sp³-hybridized carbons (Fsp3) is 0.261. The number of imidazole rings is 1. The van der Waals surface area contributed by atoms with E-state index < -0.39 is 11.7 Å². The fourth-order valence-corrected chi connectivity index (χ4v) is 3.90. The van der Waals surface area contributed by atoms with Crippen LogP contribution >= 0.6 is 0 Å². The second-order valence-electron chi connectivity index (χ2n) is 7.58. The maximum Gasteiger partial charge on any atom is 0.420 e. The van der Waals surface area contributed by atoms with Gasteiger partial charge in [0.2, 0.25) is 0 Å². The monoisotopic (exact) mass is 455 g/mol. The van der Waals surface area contributed by atoms with Gasteiger partial charge in [-0.05, 0) is 18.2 Å². The molecule has 0 spiro atoms. The molecule has 4 aromatic rings. The Morgan fingerprint density at radius 2 is 1.61 bits per heavy atom. The van der Waals surface area contributed by atoms with Crippen molar-refractivity contribution in [2.75, 3.05) is 38.3 Å². The first-order chi connectivity index (χ1) is 15.9. The zero-order valence-electron chi connectivity index (χ0n) is 17.7. The van der Waals surface area contributed by atoms with Crippen LogP contribution in [0.5, 0.6) is 6.01 Å². The lowest BCUT2D eigenvalue weighted by molar-refractivity contribution is -0.136. The molecule has 0 amide bonds. The summed E-state index contributed by atoms with van der Waals surface area (Å²) in [7, 11) is 1.42. The lowest BCUT2D eigenvalue weighted by Gasteiger charge is -2.28. The quantitative estimate of drug-likeness (QED) is 0.457. The number of anilines is 1. The van der Waals surface area contributed by atoms with Gasteiger partial charge in [-0.3, -0.25) is 4.40 Å². The molecule has 1 saturated heterocycles. The van der Waals surface area contributed by atoms with E-state index in [1.807, 2.05) is 24.3 Å². The molecule has 0 radical (unpaired) electrons. The molecule has 1 aliphatic heterocycles. The van der Waals surface area contributed by atoms with Crippen molar-refractivity contribution in [3.63, 3.8) is 0 Å².